The van der Waals surface area contributed by atoms with Gasteiger partial charge in [0.05, 0.1) is 12.2 Å². The third kappa shape index (κ3) is 2.47. The van der Waals surface area contributed by atoms with Crippen LogP contribution in [-0.2, 0) is 18.4 Å². The molecule has 1 aliphatic heterocycles. The first-order valence-corrected chi connectivity index (χ1v) is 7.57. The molecule has 3 rings (SSSR count). The van der Waals surface area contributed by atoms with Crippen LogP contribution in [0.2, 0.25) is 0 Å². The Balaban J connectivity index is 1.88. The van der Waals surface area contributed by atoms with Crippen LogP contribution in [0.4, 0.5) is 10.9 Å². The van der Waals surface area contributed by atoms with Gasteiger partial charge >= 0.3 is 0 Å². The molecule has 0 spiro atoms. The summed E-state index contributed by atoms with van der Waals surface area (Å²) in [5.41, 5.74) is 6.90. The Morgan fingerprint density at radius 2 is 2.10 bits per heavy atom. The molecule has 3 heterocycles. The second-order valence-electron chi connectivity index (χ2n) is 6.08. The number of rotatable bonds is 1. The third-order valence-electron chi connectivity index (χ3n) is 3.38. The standard InChI is InChI=1S/C14H19N5S/c1-14(2,3)12-16-6-4-11(18-12)19-7-5-9-10(8-19)20-13(15)17-9/h4,6H,5,7-8H2,1-3H3,(H2,15,17). The number of nitrogens with two attached hydrogens (primary N) is 1. The molecule has 1 aliphatic rings. The highest BCUT2D eigenvalue weighted by Crippen LogP contribution is 2.29. The van der Waals surface area contributed by atoms with Crippen LogP contribution in [0.1, 0.15) is 37.2 Å². The molecule has 106 valence electrons. The minimum absolute atomic E-state index is 0.0358. The first-order chi connectivity index (χ1) is 9.43. The zero-order valence-electron chi connectivity index (χ0n) is 12.1. The molecule has 2 aromatic rings. The van der Waals surface area contributed by atoms with E-state index in [9.17, 15) is 0 Å². The van der Waals surface area contributed by atoms with Crippen molar-refractivity contribution in [2.75, 3.05) is 17.2 Å². The van der Waals surface area contributed by atoms with Crippen LogP contribution < -0.4 is 10.6 Å². The lowest BCUT2D eigenvalue weighted by molar-refractivity contribution is 0.543. The van der Waals surface area contributed by atoms with Gasteiger partial charge in [0.25, 0.3) is 0 Å². The van der Waals surface area contributed by atoms with Gasteiger partial charge in [-0.2, -0.15) is 0 Å². The Labute approximate surface area is 122 Å². The highest BCUT2D eigenvalue weighted by atomic mass is 32.1. The number of hydrogen-bond donors (Lipinski definition) is 1. The van der Waals surface area contributed by atoms with E-state index in [1.807, 2.05) is 12.3 Å². The van der Waals surface area contributed by atoms with Crippen molar-refractivity contribution in [3.05, 3.63) is 28.7 Å². The molecule has 2 N–H and O–H groups in total. The summed E-state index contributed by atoms with van der Waals surface area (Å²) in [6, 6.07) is 1.98. The maximum Gasteiger partial charge on any atom is 0.180 e. The van der Waals surface area contributed by atoms with Crippen molar-refractivity contribution in [3.8, 4) is 0 Å². The highest BCUT2D eigenvalue weighted by Gasteiger charge is 2.23. The first kappa shape index (κ1) is 13.3. The van der Waals surface area contributed by atoms with Gasteiger partial charge in [0.15, 0.2) is 5.13 Å². The fourth-order valence-corrected chi connectivity index (χ4v) is 3.19. The SMILES string of the molecule is CC(C)(C)c1nccc(N2CCc3nc(N)sc3C2)n1. The van der Waals surface area contributed by atoms with Gasteiger partial charge in [-0.25, -0.2) is 15.0 Å². The zero-order chi connectivity index (χ0) is 14.3. The van der Waals surface area contributed by atoms with Crippen molar-refractivity contribution in [1.29, 1.82) is 0 Å². The molecule has 0 bridgehead atoms. The molecule has 0 amide bonds. The molecule has 0 unspecified atom stereocenters. The van der Waals surface area contributed by atoms with Crippen molar-refractivity contribution in [2.24, 2.45) is 0 Å². The molecule has 0 aliphatic carbocycles. The zero-order valence-corrected chi connectivity index (χ0v) is 12.9. The Bertz CT molecular complexity index is 629. The number of nitrogens with zero attached hydrogens (tertiary/aromatic N) is 4. The Morgan fingerprint density at radius 1 is 1.30 bits per heavy atom. The van der Waals surface area contributed by atoms with E-state index >= 15 is 0 Å². The molecular weight excluding hydrogens is 270 g/mol. The predicted octanol–water partition coefficient (Wildman–Crippen LogP) is 2.38. The highest BCUT2D eigenvalue weighted by molar-refractivity contribution is 7.15. The molecule has 2 aromatic heterocycles. The molecule has 0 saturated carbocycles. The predicted molar refractivity (Wildman–Crippen MR) is 82.0 cm³/mol. The van der Waals surface area contributed by atoms with Gasteiger partial charge in [0.2, 0.25) is 0 Å². The molecule has 0 radical (unpaired) electrons. The minimum Gasteiger partial charge on any atom is -0.375 e. The van der Waals surface area contributed by atoms with Gasteiger partial charge in [-0.1, -0.05) is 20.8 Å². The lowest BCUT2D eigenvalue weighted by Crippen LogP contribution is -2.31. The van der Waals surface area contributed by atoms with E-state index in [1.165, 1.54) is 4.88 Å². The second kappa shape index (κ2) is 4.70. The van der Waals surface area contributed by atoms with Gasteiger partial charge in [-0.05, 0) is 6.07 Å². The average Bonchev–Trinajstić information content (AvgIpc) is 2.77. The molecular formula is C14H19N5S. The number of anilines is 2. The number of fused-ring (bicyclic) bond motifs is 1. The molecule has 6 heteroatoms. The Hall–Kier alpha value is -1.69. The van der Waals surface area contributed by atoms with Crippen LogP contribution in [0, 0.1) is 0 Å². The summed E-state index contributed by atoms with van der Waals surface area (Å²) in [7, 11) is 0. The summed E-state index contributed by atoms with van der Waals surface area (Å²) in [6.07, 6.45) is 2.78. The summed E-state index contributed by atoms with van der Waals surface area (Å²) in [6.45, 7) is 8.15. The normalized spacial score (nSPS) is 15.2. The summed E-state index contributed by atoms with van der Waals surface area (Å²) < 4.78 is 0. The average molecular weight is 289 g/mol. The molecule has 20 heavy (non-hydrogen) atoms. The Kier molecular flexibility index (Phi) is 3.12. The van der Waals surface area contributed by atoms with Crippen molar-refractivity contribution >= 4 is 22.3 Å². The van der Waals surface area contributed by atoms with E-state index in [-0.39, 0.29) is 5.41 Å². The van der Waals surface area contributed by atoms with Crippen LogP contribution in [0.5, 0.6) is 0 Å². The molecule has 0 aromatic carbocycles. The van der Waals surface area contributed by atoms with Gasteiger partial charge in [0, 0.05) is 29.5 Å². The van der Waals surface area contributed by atoms with Crippen LogP contribution in [0.15, 0.2) is 12.3 Å². The van der Waals surface area contributed by atoms with Gasteiger partial charge in [-0.3, -0.25) is 0 Å². The number of thiazole rings is 1. The second-order valence-corrected chi connectivity index (χ2v) is 7.20. The van der Waals surface area contributed by atoms with Crippen molar-refractivity contribution in [2.45, 2.75) is 39.2 Å². The number of aromatic nitrogens is 3. The molecule has 0 saturated heterocycles. The van der Waals surface area contributed by atoms with Crippen LogP contribution in [0.3, 0.4) is 0 Å². The lowest BCUT2D eigenvalue weighted by Gasteiger charge is -2.28. The lowest BCUT2D eigenvalue weighted by atomic mass is 9.96. The van der Waals surface area contributed by atoms with Crippen molar-refractivity contribution in [1.82, 2.24) is 15.0 Å². The quantitative estimate of drug-likeness (QED) is 0.873. The van der Waals surface area contributed by atoms with E-state index in [0.717, 1.165) is 36.8 Å². The van der Waals surface area contributed by atoms with E-state index in [1.54, 1.807) is 11.3 Å². The largest absolute Gasteiger partial charge is 0.375 e. The van der Waals surface area contributed by atoms with E-state index in [2.05, 4.69) is 35.6 Å². The van der Waals surface area contributed by atoms with Crippen LogP contribution in [0.25, 0.3) is 0 Å². The maximum absolute atomic E-state index is 5.79. The minimum atomic E-state index is -0.0358. The monoisotopic (exact) mass is 289 g/mol. The topological polar surface area (TPSA) is 67.9 Å². The van der Waals surface area contributed by atoms with Gasteiger partial charge < -0.3 is 10.6 Å². The maximum atomic E-state index is 5.79. The van der Waals surface area contributed by atoms with Gasteiger partial charge in [-0.15, -0.1) is 11.3 Å². The van der Waals surface area contributed by atoms with Crippen molar-refractivity contribution < 1.29 is 0 Å². The van der Waals surface area contributed by atoms with Crippen LogP contribution in [-0.4, -0.2) is 21.5 Å². The van der Waals surface area contributed by atoms with Gasteiger partial charge in [0.1, 0.15) is 11.6 Å². The van der Waals surface area contributed by atoms with Crippen molar-refractivity contribution in [3.63, 3.8) is 0 Å². The van der Waals surface area contributed by atoms with E-state index < -0.39 is 0 Å². The summed E-state index contributed by atoms with van der Waals surface area (Å²) in [4.78, 5) is 17.0. The van der Waals surface area contributed by atoms with E-state index in [0.29, 0.717) is 5.13 Å². The first-order valence-electron chi connectivity index (χ1n) is 6.76. The van der Waals surface area contributed by atoms with Crippen LogP contribution >= 0.6 is 11.3 Å². The number of hydrogen-bond acceptors (Lipinski definition) is 6. The molecule has 5 nitrogen and oxygen atoms in total. The summed E-state index contributed by atoms with van der Waals surface area (Å²) in [5.74, 6) is 1.87. The smallest absolute Gasteiger partial charge is 0.180 e. The third-order valence-corrected chi connectivity index (χ3v) is 4.30. The Morgan fingerprint density at radius 3 is 2.85 bits per heavy atom. The summed E-state index contributed by atoms with van der Waals surface area (Å²) >= 11 is 1.58. The fourth-order valence-electron chi connectivity index (χ4n) is 2.30. The molecule has 0 fully saturated rings. The molecule has 0 atom stereocenters. The fraction of sp³-hybridized carbons (Fsp3) is 0.500. The summed E-state index contributed by atoms with van der Waals surface area (Å²) in [5, 5.41) is 0.662. The van der Waals surface area contributed by atoms with E-state index in [4.69, 9.17) is 10.7 Å². The number of nitrogen functional groups attached to an aromatic ring is 1.